The molecule has 2 heterocycles. The van der Waals surface area contributed by atoms with Crippen molar-refractivity contribution in [1.29, 1.82) is 0 Å². The lowest BCUT2D eigenvalue weighted by atomic mass is 10.2. The minimum atomic E-state index is -3.11. The lowest BCUT2D eigenvalue weighted by Gasteiger charge is -2.22. The van der Waals surface area contributed by atoms with Gasteiger partial charge in [-0.1, -0.05) is 6.92 Å². The summed E-state index contributed by atoms with van der Waals surface area (Å²) >= 11 is 0. The van der Waals surface area contributed by atoms with Crippen LogP contribution in [0.3, 0.4) is 0 Å². The molecule has 0 aromatic carbocycles. The number of furan rings is 1. The molecule has 0 aliphatic carbocycles. The molecule has 4 nitrogen and oxygen atoms in total. The highest BCUT2D eigenvalue weighted by Gasteiger charge is 2.35. The third-order valence-corrected chi connectivity index (χ3v) is 4.97. The van der Waals surface area contributed by atoms with E-state index in [9.17, 15) is 8.42 Å². The SMILES string of the molecule is CCCS(=O)(=O)N1CCCC1c1ccco1. The molecule has 1 saturated heterocycles. The monoisotopic (exact) mass is 243 g/mol. The largest absolute Gasteiger partial charge is 0.468 e. The zero-order chi connectivity index (χ0) is 11.6. The van der Waals surface area contributed by atoms with Gasteiger partial charge in [0.25, 0.3) is 0 Å². The predicted octanol–water partition coefficient (Wildman–Crippen LogP) is 2.16. The van der Waals surface area contributed by atoms with Gasteiger partial charge >= 0.3 is 0 Å². The summed E-state index contributed by atoms with van der Waals surface area (Å²) < 4.78 is 31.0. The summed E-state index contributed by atoms with van der Waals surface area (Å²) in [6.45, 7) is 2.50. The molecular formula is C11H17NO3S. The fourth-order valence-electron chi connectivity index (χ4n) is 2.21. The molecule has 1 aromatic rings. The third kappa shape index (κ3) is 2.15. The summed E-state index contributed by atoms with van der Waals surface area (Å²) in [5.74, 6) is 0.988. The fourth-order valence-corrected chi connectivity index (χ4v) is 3.97. The van der Waals surface area contributed by atoms with Gasteiger partial charge in [0.1, 0.15) is 5.76 Å². The highest BCUT2D eigenvalue weighted by Crippen LogP contribution is 2.34. The summed E-state index contributed by atoms with van der Waals surface area (Å²) in [6, 6.07) is 3.56. The standard InChI is InChI=1S/C11H17NO3S/c1-2-9-16(13,14)12-7-3-5-10(12)11-6-4-8-15-11/h4,6,8,10H,2-3,5,7,9H2,1H3. The summed E-state index contributed by atoms with van der Waals surface area (Å²) in [5.41, 5.74) is 0. The third-order valence-electron chi connectivity index (χ3n) is 2.89. The van der Waals surface area contributed by atoms with Crippen LogP contribution in [0.25, 0.3) is 0 Å². The molecule has 1 aliphatic heterocycles. The molecular weight excluding hydrogens is 226 g/mol. The molecule has 0 amide bonds. The van der Waals surface area contributed by atoms with Gasteiger partial charge in [0, 0.05) is 6.54 Å². The van der Waals surface area contributed by atoms with Crippen LogP contribution in [0.15, 0.2) is 22.8 Å². The Morgan fingerprint density at radius 2 is 2.38 bits per heavy atom. The normalized spacial score (nSPS) is 22.7. The van der Waals surface area contributed by atoms with Crippen LogP contribution in [0.4, 0.5) is 0 Å². The molecule has 5 heteroatoms. The first-order valence-corrected chi connectivity index (χ1v) is 7.29. The first kappa shape index (κ1) is 11.7. The van der Waals surface area contributed by atoms with Gasteiger partial charge in [-0.25, -0.2) is 8.42 Å². The van der Waals surface area contributed by atoms with Gasteiger partial charge in [-0.2, -0.15) is 4.31 Å². The van der Waals surface area contributed by atoms with E-state index in [0.717, 1.165) is 18.6 Å². The van der Waals surface area contributed by atoms with Crippen LogP contribution >= 0.6 is 0 Å². The van der Waals surface area contributed by atoms with Gasteiger partial charge < -0.3 is 4.42 Å². The van der Waals surface area contributed by atoms with E-state index >= 15 is 0 Å². The molecule has 90 valence electrons. The Labute approximate surface area is 96.3 Å². The van der Waals surface area contributed by atoms with Crippen molar-refractivity contribution in [3.8, 4) is 0 Å². The van der Waals surface area contributed by atoms with Crippen molar-refractivity contribution in [2.75, 3.05) is 12.3 Å². The van der Waals surface area contributed by atoms with E-state index in [0.29, 0.717) is 13.0 Å². The van der Waals surface area contributed by atoms with E-state index in [4.69, 9.17) is 4.42 Å². The minimum Gasteiger partial charge on any atom is -0.468 e. The second-order valence-corrected chi connectivity index (χ2v) is 6.14. The quantitative estimate of drug-likeness (QED) is 0.814. The van der Waals surface area contributed by atoms with Crippen LogP contribution < -0.4 is 0 Å². The van der Waals surface area contributed by atoms with Crippen LogP contribution in [0.5, 0.6) is 0 Å². The van der Waals surface area contributed by atoms with E-state index < -0.39 is 10.0 Å². The molecule has 1 unspecified atom stereocenters. The first-order valence-electron chi connectivity index (χ1n) is 5.68. The lowest BCUT2D eigenvalue weighted by Crippen LogP contribution is -2.32. The zero-order valence-electron chi connectivity index (χ0n) is 9.43. The Kier molecular flexibility index (Phi) is 3.35. The summed E-state index contributed by atoms with van der Waals surface area (Å²) in [5, 5.41) is 0. The molecule has 2 rings (SSSR count). The van der Waals surface area contributed by atoms with E-state index in [2.05, 4.69) is 0 Å². The van der Waals surface area contributed by atoms with E-state index in [1.807, 2.05) is 13.0 Å². The van der Waals surface area contributed by atoms with Gasteiger partial charge in [-0.05, 0) is 31.4 Å². The fraction of sp³-hybridized carbons (Fsp3) is 0.636. The Morgan fingerprint density at radius 3 is 3.00 bits per heavy atom. The Balaban J connectivity index is 2.22. The number of sulfonamides is 1. The van der Waals surface area contributed by atoms with Crippen molar-refractivity contribution in [3.63, 3.8) is 0 Å². The molecule has 1 aromatic heterocycles. The van der Waals surface area contributed by atoms with Crippen LogP contribution in [0.1, 0.15) is 38.0 Å². The highest BCUT2D eigenvalue weighted by molar-refractivity contribution is 7.89. The van der Waals surface area contributed by atoms with Crippen molar-refractivity contribution >= 4 is 10.0 Å². The molecule has 16 heavy (non-hydrogen) atoms. The summed E-state index contributed by atoms with van der Waals surface area (Å²) in [4.78, 5) is 0. The van der Waals surface area contributed by atoms with Gasteiger partial charge in [-0.3, -0.25) is 0 Å². The second-order valence-electron chi connectivity index (χ2n) is 4.10. The zero-order valence-corrected chi connectivity index (χ0v) is 10.2. The van der Waals surface area contributed by atoms with Crippen molar-refractivity contribution < 1.29 is 12.8 Å². The summed E-state index contributed by atoms with van der Waals surface area (Å²) in [7, 11) is -3.11. The lowest BCUT2D eigenvalue weighted by molar-refractivity contribution is 0.339. The average molecular weight is 243 g/mol. The number of hydrogen-bond donors (Lipinski definition) is 0. The Bertz CT molecular complexity index is 424. The molecule has 1 atom stereocenters. The molecule has 0 N–H and O–H groups in total. The van der Waals surface area contributed by atoms with Gasteiger partial charge in [0.05, 0.1) is 18.1 Å². The first-order chi connectivity index (χ1) is 7.65. The van der Waals surface area contributed by atoms with Crippen molar-refractivity contribution in [2.24, 2.45) is 0 Å². The molecule has 0 radical (unpaired) electrons. The number of rotatable bonds is 4. The van der Waals surface area contributed by atoms with Crippen LogP contribution in [-0.2, 0) is 10.0 Å². The van der Waals surface area contributed by atoms with Crippen LogP contribution in [-0.4, -0.2) is 25.0 Å². The Morgan fingerprint density at radius 1 is 1.56 bits per heavy atom. The molecule has 1 fully saturated rings. The smallest absolute Gasteiger partial charge is 0.214 e. The maximum absolute atomic E-state index is 12.0. The maximum atomic E-state index is 12.0. The molecule has 1 aliphatic rings. The molecule has 0 spiro atoms. The van der Waals surface area contributed by atoms with Crippen molar-refractivity contribution in [2.45, 2.75) is 32.2 Å². The number of hydrogen-bond acceptors (Lipinski definition) is 3. The predicted molar refractivity (Wildman–Crippen MR) is 61.5 cm³/mol. The van der Waals surface area contributed by atoms with E-state index in [1.165, 1.54) is 0 Å². The average Bonchev–Trinajstić information content (AvgIpc) is 2.88. The van der Waals surface area contributed by atoms with Crippen LogP contribution in [0.2, 0.25) is 0 Å². The highest BCUT2D eigenvalue weighted by atomic mass is 32.2. The minimum absolute atomic E-state index is 0.0912. The number of nitrogens with zero attached hydrogens (tertiary/aromatic N) is 1. The van der Waals surface area contributed by atoms with Crippen LogP contribution in [0, 0.1) is 0 Å². The molecule has 0 saturated carbocycles. The maximum Gasteiger partial charge on any atom is 0.214 e. The molecule has 0 bridgehead atoms. The van der Waals surface area contributed by atoms with E-state index in [-0.39, 0.29) is 11.8 Å². The summed E-state index contributed by atoms with van der Waals surface area (Å²) in [6.07, 6.45) is 4.02. The van der Waals surface area contributed by atoms with Crippen molar-refractivity contribution in [3.05, 3.63) is 24.2 Å². The van der Waals surface area contributed by atoms with E-state index in [1.54, 1.807) is 16.6 Å². The van der Waals surface area contributed by atoms with Gasteiger partial charge in [0.15, 0.2) is 0 Å². The van der Waals surface area contributed by atoms with Gasteiger partial charge in [-0.15, -0.1) is 0 Å². The Hall–Kier alpha value is -0.810. The topological polar surface area (TPSA) is 50.5 Å². The van der Waals surface area contributed by atoms with Gasteiger partial charge in [0.2, 0.25) is 10.0 Å². The van der Waals surface area contributed by atoms with Crippen molar-refractivity contribution in [1.82, 2.24) is 4.31 Å². The second kappa shape index (κ2) is 4.59.